The Labute approximate surface area is 549 Å². The number of hydrogen-bond donors (Lipinski definition) is 7. The molecule has 10 aromatic carbocycles. The van der Waals surface area contributed by atoms with Gasteiger partial charge in [0.15, 0.2) is 11.5 Å². The minimum Gasteiger partial charge on any atom is -0.509 e. The first-order chi connectivity index (χ1) is 43.9. The average Bonchev–Trinajstić information content (AvgIpc) is 0.834. The number of benzene rings is 10. The lowest BCUT2D eigenvalue weighted by Gasteiger charge is -2.40. The summed E-state index contributed by atoms with van der Waals surface area (Å²) in [5.41, 5.74) is 6.58. The summed E-state index contributed by atoms with van der Waals surface area (Å²) < 4.78 is 3.21. The lowest BCUT2D eigenvalue weighted by Crippen LogP contribution is -2.60. The predicted octanol–water partition coefficient (Wildman–Crippen LogP) is -4.84. The van der Waals surface area contributed by atoms with Crippen LogP contribution in [0.2, 0.25) is 0 Å². The number of nitrogens with zero attached hydrogens (tertiary/aromatic N) is 3. The first kappa shape index (κ1) is 60.0. The smallest absolute Gasteiger partial charge is 0.252 e. The van der Waals surface area contributed by atoms with Gasteiger partial charge in [0.05, 0.1) is 11.1 Å². The topological polar surface area (TPSA) is 147 Å². The molecule has 0 saturated carbocycles. The molecule has 10 nitrogen and oxygen atoms in total. The molecular formula is C66H30B16N4O6. The maximum Gasteiger partial charge on any atom is 0.252 e. The van der Waals surface area contributed by atoms with Crippen molar-refractivity contribution in [2.45, 2.75) is 0 Å². The normalized spacial score (nSPS) is 12.7. The fraction of sp³-hybridized carbons (Fsp3) is 0. The summed E-state index contributed by atoms with van der Waals surface area (Å²) in [7, 11) is 99.7. The van der Waals surface area contributed by atoms with Crippen LogP contribution < -0.4 is 109 Å². The van der Waals surface area contributed by atoms with Gasteiger partial charge >= 0.3 is 0 Å². The quantitative estimate of drug-likeness (QED) is 0.0457. The van der Waals surface area contributed by atoms with Crippen molar-refractivity contribution >= 4 is 295 Å². The molecule has 0 bridgehead atoms. The van der Waals surface area contributed by atoms with Crippen molar-refractivity contribution in [2.75, 3.05) is 10.2 Å². The third-order valence-electron chi connectivity index (χ3n) is 17.9. The second-order valence-corrected chi connectivity index (χ2v) is 22.8. The van der Waals surface area contributed by atoms with Crippen molar-refractivity contribution in [1.29, 1.82) is 0 Å². The molecule has 26 heteroatoms. The van der Waals surface area contributed by atoms with E-state index in [-0.39, 0.29) is 137 Å². The minimum atomic E-state index is -0.922. The number of aromatic nitrogens is 2. The fourth-order valence-corrected chi connectivity index (χ4v) is 13.3. The van der Waals surface area contributed by atoms with Gasteiger partial charge in [0, 0.05) is 67.6 Å². The van der Waals surface area contributed by atoms with Crippen molar-refractivity contribution in [1.82, 2.24) is 9.13 Å². The molecule has 0 aliphatic carbocycles. The Balaban J connectivity index is 1.12. The van der Waals surface area contributed by atoms with Crippen molar-refractivity contribution in [3.05, 3.63) is 140 Å². The molecule has 0 unspecified atom stereocenters. The van der Waals surface area contributed by atoms with E-state index in [1.54, 1.807) is 41.0 Å². The van der Waals surface area contributed by atoms with Gasteiger partial charge < -0.3 is 50.0 Å². The maximum atomic E-state index is 12.0. The molecule has 398 valence electrons. The van der Waals surface area contributed by atoms with Crippen LogP contribution in [0.15, 0.2) is 134 Å². The van der Waals surface area contributed by atoms with E-state index in [9.17, 15) is 30.6 Å². The van der Waals surface area contributed by atoms with Crippen LogP contribution >= 0.6 is 0 Å². The largest absolute Gasteiger partial charge is 0.509 e. The Morgan fingerprint density at radius 3 is 1.53 bits per heavy atom. The molecule has 2 aromatic heterocycles. The van der Waals surface area contributed by atoms with E-state index in [1.165, 1.54) is 4.57 Å². The van der Waals surface area contributed by atoms with E-state index in [1.807, 2.05) is 90.0 Å². The number of nitrogens with one attached hydrogen (secondary N) is 1. The second-order valence-electron chi connectivity index (χ2n) is 22.8. The Kier molecular flexibility index (Phi) is 14.1. The third kappa shape index (κ3) is 8.36. The average molecular weight is 1150 g/mol. The van der Waals surface area contributed by atoms with Crippen LogP contribution in [-0.2, 0) is 0 Å². The first-order valence-corrected chi connectivity index (χ1v) is 28.3. The van der Waals surface area contributed by atoms with Crippen LogP contribution in [0.1, 0.15) is 5.56 Å². The predicted molar refractivity (Wildman–Crippen MR) is 394 cm³/mol. The van der Waals surface area contributed by atoms with Crippen LogP contribution in [0.4, 0.5) is 22.7 Å². The lowest BCUT2D eigenvalue weighted by atomic mass is 9.33. The van der Waals surface area contributed by atoms with Gasteiger partial charge in [-0.2, -0.15) is 0 Å². The van der Waals surface area contributed by atoms with Gasteiger partial charge in [-0.05, 0) is 108 Å². The van der Waals surface area contributed by atoms with E-state index in [0.717, 1.165) is 16.7 Å². The number of phenolic OH excluding ortho intramolecular Hbond substituents is 6. The zero-order chi connectivity index (χ0) is 65.3. The van der Waals surface area contributed by atoms with Gasteiger partial charge in [-0.3, -0.25) is 0 Å². The van der Waals surface area contributed by atoms with E-state index in [0.29, 0.717) is 56.1 Å². The molecule has 0 atom stereocenters. The van der Waals surface area contributed by atoms with Crippen molar-refractivity contribution < 1.29 is 30.6 Å². The lowest BCUT2D eigenvalue weighted by molar-refractivity contribution is 0.372. The van der Waals surface area contributed by atoms with Gasteiger partial charge in [0.25, 0.3) is 6.71 Å². The number of hydrogen-bond acceptors (Lipinski definition) is 8. The van der Waals surface area contributed by atoms with E-state index in [2.05, 4.69) is 18.0 Å². The first-order valence-electron chi connectivity index (χ1n) is 28.3. The van der Waals surface area contributed by atoms with E-state index >= 15 is 0 Å². The summed E-state index contributed by atoms with van der Waals surface area (Å²) in [4.78, 5) is 1.96. The number of allylic oxidation sites excluding steroid dienone is 4. The molecule has 2 aliphatic heterocycles. The number of fused-ring (bicyclic) bond motifs is 10. The Morgan fingerprint density at radius 2 is 0.913 bits per heavy atom. The standard InChI is InChI=1S/C66H30B16N4O6/c1-2-3-8-26(25-12-7-11-24(17-25)23-9-5-4-6-10-23)22-84-34-21-29(85-57-37(41(67)45(71)47(73)50(57)76)39-43(69)63(89)55(81)52(78)59(39)85)14-16-31(34)82-30-15-13-28(86-58-38(42(68)46(72)48(74)51(58)77)40-44(70)64(90)66(92)65(91)60(40)86)20-32(30)83-33-18-27(19-35(84)56(33)82)36-61(87)53(79)49(75)54(80)62(36)88/h2-22,83,87-92H,1H2/b8-3-,26-22-. The highest BCUT2D eigenvalue weighted by atomic mass is 16.3. The summed E-state index contributed by atoms with van der Waals surface area (Å²) >= 11 is 0. The number of phenols is 6. The van der Waals surface area contributed by atoms with Crippen LogP contribution in [0.3, 0.4) is 0 Å². The fourth-order valence-electron chi connectivity index (χ4n) is 13.3. The summed E-state index contributed by atoms with van der Waals surface area (Å²) in [5, 5.41) is 73.9. The van der Waals surface area contributed by atoms with Crippen LogP contribution in [0.25, 0.3) is 82.8 Å². The molecule has 14 rings (SSSR count). The highest BCUT2D eigenvalue weighted by Crippen LogP contribution is 2.47. The molecule has 12 aromatic rings. The molecule has 92 heavy (non-hydrogen) atoms. The summed E-state index contributed by atoms with van der Waals surface area (Å²) in [5.74, 6) is -4.13. The van der Waals surface area contributed by atoms with Crippen molar-refractivity contribution in [2.24, 2.45) is 0 Å². The van der Waals surface area contributed by atoms with E-state index < -0.39 is 41.2 Å². The molecule has 0 amide bonds. The summed E-state index contributed by atoms with van der Waals surface area (Å²) in [6.07, 6.45) is 7.30. The summed E-state index contributed by atoms with van der Waals surface area (Å²) in [6, 6.07) is 32.4. The monoisotopic (exact) mass is 1150 g/mol. The van der Waals surface area contributed by atoms with E-state index in [4.69, 9.17) is 118 Å². The van der Waals surface area contributed by atoms with Crippen molar-refractivity contribution in [3.63, 3.8) is 0 Å². The zero-order valence-corrected chi connectivity index (χ0v) is 48.6. The van der Waals surface area contributed by atoms with Crippen LogP contribution in [0.5, 0.6) is 34.5 Å². The van der Waals surface area contributed by atoms with Gasteiger partial charge in [-0.25, -0.2) is 0 Å². The third-order valence-corrected chi connectivity index (χ3v) is 17.9. The molecule has 0 spiro atoms. The molecule has 4 heterocycles. The van der Waals surface area contributed by atoms with Crippen molar-refractivity contribution in [3.8, 4) is 68.1 Å². The van der Waals surface area contributed by atoms with Gasteiger partial charge in [-0.15, -0.1) is 27.3 Å². The molecule has 30 radical (unpaired) electrons. The Bertz CT molecular complexity index is 5270. The molecule has 2 aliphatic rings. The second kappa shape index (κ2) is 21.5. The SMILES string of the molecule is [B]c1c([B])c(O)c(-c2cc3c4c(c2)N(/C=C(/C=C\C=C)c2cccc(-c5ccccc5)c2)c2cc(-n5c6c([B])c([B])c([B])c([B])c6c6c([B])c(O)c([B])c([B])c65)ccc2B4c2ccc(-n4c5c([B])c([B])c([B])c([B])c5c5c([B])c(O)c(O)c(O)c54)cc2N3)c(O)c1[B]. The highest BCUT2D eigenvalue weighted by Gasteiger charge is 2.42. The number of rotatable bonds is 8. The van der Waals surface area contributed by atoms with Gasteiger partial charge in [0.1, 0.15) is 135 Å². The number of aromatic hydroxyl groups is 6. The highest BCUT2D eigenvalue weighted by molar-refractivity contribution is 7.00. The Hall–Kier alpha value is -9.54. The van der Waals surface area contributed by atoms with Gasteiger partial charge in [0.2, 0.25) is 5.75 Å². The zero-order valence-electron chi connectivity index (χ0n) is 48.6. The van der Waals surface area contributed by atoms with Crippen LogP contribution in [0, 0.1) is 0 Å². The number of anilines is 4. The molecule has 0 fully saturated rings. The minimum absolute atomic E-state index is 0.00743. The molecule has 7 N–H and O–H groups in total. The van der Waals surface area contributed by atoms with Gasteiger partial charge in [-0.1, -0.05) is 129 Å². The summed E-state index contributed by atoms with van der Waals surface area (Å²) in [6.45, 7) is 3.30. The molecule has 0 saturated heterocycles. The molecular weight excluding hydrogens is 1120 g/mol. The Morgan fingerprint density at radius 1 is 0.402 bits per heavy atom. The maximum absolute atomic E-state index is 12.0. The van der Waals surface area contributed by atoms with Crippen LogP contribution in [-0.4, -0.2) is 164 Å².